The largest absolute Gasteiger partial charge is 0.508 e. The molecular weight excluding hydrogens is 1150 g/mol. The fourth-order valence-corrected chi connectivity index (χ4v) is 8.73. The number of nitrogens with one attached hydrogen (secondary N) is 10. The number of carbonyl (C=O) groups is 12. The number of nitrogens with zero attached hydrogens (tertiary/aromatic N) is 2. The highest BCUT2D eigenvalue weighted by Crippen LogP contribution is 2.19. The highest BCUT2D eigenvalue weighted by molar-refractivity contribution is 5.99. The number of guanidine groups is 1. The number of carbonyl (C=O) groups excluding carboxylic acids is 12. The van der Waals surface area contributed by atoms with E-state index in [1.54, 1.807) is 0 Å². The minimum absolute atomic E-state index is 0.00618. The number of likely N-dealkylation sites (tertiary alicyclic amines) is 1. The Morgan fingerprint density at radius 2 is 0.989 bits per heavy atom. The number of aliphatic imine (C=N–C) groups is 1. The van der Waals surface area contributed by atoms with Gasteiger partial charge in [0.25, 0.3) is 0 Å². The van der Waals surface area contributed by atoms with Gasteiger partial charge in [-0.2, -0.15) is 0 Å². The van der Waals surface area contributed by atoms with Crippen LogP contribution in [0.4, 0.5) is 0 Å². The van der Waals surface area contributed by atoms with E-state index in [-0.39, 0.29) is 81.4 Å². The molecule has 1 fully saturated rings. The van der Waals surface area contributed by atoms with E-state index in [1.807, 2.05) is 13.8 Å². The number of amides is 12. The first-order chi connectivity index (χ1) is 41.1. The third-order valence-corrected chi connectivity index (χ3v) is 13.3. The maximum absolute atomic E-state index is 14.1. The Hall–Kier alpha value is -9.21. The Morgan fingerprint density at radius 3 is 1.47 bits per heavy atom. The van der Waals surface area contributed by atoms with E-state index in [9.17, 15) is 88.2 Å². The van der Waals surface area contributed by atoms with E-state index in [0.29, 0.717) is 11.1 Å². The van der Waals surface area contributed by atoms with Crippen molar-refractivity contribution in [2.75, 3.05) is 46.1 Å². The van der Waals surface area contributed by atoms with Crippen molar-refractivity contribution in [2.45, 2.75) is 133 Å². The molecule has 480 valence electrons. The Kier molecular flexibility index (Phi) is 29.8. The van der Waals surface area contributed by atoms with Gasteiger partial charge in [-0.25, -0.2) is 0 Å². The lowest BCUT2D eigenvalue weighted by molar-refractivity contribution is -0.143. The molecule has 0 unspecified atom stereocenters. The van der Waals surface area contributed by atoms with Gasteiger partial charge in [-0.05, 0) is 80.3 Å². The van der Waals surface area contributed by atoms with E-state index in [2.05, 4.69) is 58.2 Å². The van der Waals surface area contributed by atoms with Gasteiger partial charge in [0.05, 0.1) is 33.0 Å². The lowest BCUT2D eigenvalue weighted by atomic mass is 10.0. The molecule has 22 N–H and O–H groups in total. The molecule has 1 heterocycles. The molecule has 2 aromatic rings. The standard InChI is InChI=1S/C54H81N15O18/c1-27(2)19-35(61-29(4)74)47(81)64-37(21-31-11-15-33(76)16-12-31)49(83)63-34(7-5-17-58-54(56)57)46(80)60-28(3)45(79)66-39(24-71)50(84)67-40(25-72)51(85)68-41(26-73)53(87)69-18-6-8-42(69)52(86)59-22-43(77)62-36(20-30-9-13-32(75)14-10-30)48(82)65-38(23-70)44(55)78/h9-16,27-28,34-42,70-73,75-76H,5-8,17-26H2,1-4H3,(H2,55,78)(H,59,86)(H,60,80)(H,61,74)(H,62,77)(H,63,83)(H,64,81)(H,65,82)(H,66,79)(H,67,84)(H,68,85)(H4,56,57,58)/t28-,34-,35-,36-,37-,38-,39-,40-,41-,42-/m0/s1. The van der Waals surface area contributed by atoms with Gasteiger partial charge < -0.3 is 106 Å². The molecule has 0 aromatic heterocycles. The van der Waals surface area contributed by atoms with Crippen LogP contribution in [0.5, 0.6) is 11.5 Å². The molecule has 0 spiro atoms. The van der Waals surface area contributed by atoms with Crippen LogP contribution in [0.2, 0.25) is 0 Å². The molecule has 1 saturated heterocycles. The van der Waals surface area contributed by atoms with Crippen LogP contribution >= 0.6 is 0 Å². The molecule has 0 aliphatic carbocycles. The Balaban J connectivity index is 1.68. The molecule has 0 radical (unpaired) electrons. The zero-order chi connectivity index (χ0) is 65.1. The first-order valence-electron chi connectivity index (χ1n) is 27.7. The first kappa shape index (κ1) is 72.1. The average Bonchev–Trinajstić information content (AvgIpc) is 3.57. The minimum Gasteiger partial charge on any atom is -0.508 e. The summed E-state index contributed by atoms with van der Waals surface area (Å²) in [6, 6.07) is -3.72. The first-order valence-corrected chi connectivity index (χ1v) is 27.7. The predicted molar refractivity (Wildman–Crippen MR) is 307 cm³/mol. The fourth-order valence-electron chi connectivity index (χ4n) is 8.73. The maximum atomic E-state index is 14.1. The lowest BCUT2D eigenvalue weighted by Crippen LogP contribution is -2.61. The summed E-state index contributed by atoms with van der Waals surface area (Å²) in [5.74, 6) is -11.8. The molecule has 0 saturated carbocycles. The number of aliphatic hydroxyl groups is 4. The second kappa shape index (κ2) is 35.9. The van der Waals surface area contributed by atoms with Crippen LogP contribution in [0.3, 0.4) is 0 Å². The third-order valence-electron chi connectivity index (χ3n) is 13.3. The summed E-state index contributed by atoms with van der Waals surface area (Å²) in [6.07, 6.45) is 0.136. The smallest absolute Gasteiger partial charge is 0.248 e. The number of hydrogen-bond acceptors (Lipinski definition) is 19. The van der Waals surface area contributed by atoms with Gasteiger partial charge in [0, 0.05) is 32.9 Å². The summed E-state index contributed by atoms with van der Waals surface area (Å²) >= 11 is 0. The number of aliphatic hydroxyl groups excluding tert-OH is 4. The number of benzene rings is 2. The van der Waals surface area contributed by atoms with E-state index < -0.39 is 164 Å². The summed E-state index contributed by atoms with van der Waals surface area (Å²) in [6.45, 7) is 1.10. The van der Waals surface area contributed by atoms with Crippen molar-refractivity contribution in [1.29, 1.82) is 0 Å². The molecule has 0 bridgehead atoms. The summed E-state index contributed by atoms with van der Waals surface area (Å²) in [5, 5.41) is 83.3. The van der Waals surface area contributed by atoms with Gasteiger partial charge in [0.2, 0.25) is 70.9 Å². The molecule has 33 heteroatoms. The van der Waals surface area contributed by atoms with Gasteiger partial charge in [0.15, 0.2) is 5.96 Å². The number of hydrogen-bond donors (Lipinski definition) is 19. The van der Waals surface area contributed by atoms with Crippen LogP contribution in [0.15, 0.2) is 53.5 Å². The van der Waals surface area contributed by atoms with Gasteiger partial charge in [-0.1, -0.05) is 38.1 Å². The Morgan fingerprint density at radius 1 is 0.552 bits per heavy atom. The zero-order valence-electron chi connectivity index (χ0n) is 48.6. The summed E-state index contributed by atoms with van der Waals surface area (Å²) in [5.41, 5.74) is 17.1. The average molecular weight is 1230 g/mol. The molecule has 1 aliphatic heterocycles. The molecule has 33 nitrogen and oxygen atoms in total. The Bertz CT molecular complexity index is 2750. The zero-order valence-corrected chi connectivity index (χ0v) is 48.6. The second-order valence-corrected chi connectivity index (χ2v) is 20.8. The SMILES string of the molecule is CC(=O)N[C@@H](CC(C)C)C(=O)N[C@@H](Cc1ccc(O)cc1)C(=O)N[C@@H](CCCN=C(N)N)C(=O)N[C@@H](C)C(=O)N[C@@H](CO)C(=O)N[C@@H](CO)C(=O)N[C@@H](CO)C(=O)N1CCC[C@H]1C(=O)NCC(=O)N[C@@H](Cc1ccc(O)cc1)C(=O)N[C@@H](CO)C(N)=O. The van der Waals surface area contributed by atoms with Crippen LogP contribution in [-0.4, -0.2) is 219 Å². The Labute approximate surface area is 500 Å². The second-order valence-electron chi connectivity index (χ2n) is 20.8. The molecule has 87 heavy (non-hydrogen) atoms. The maximum Gasteiger partial charge on any atom is 0.248 e. The normalized spacial score (nSPS) is 15.8. The van der Waals surface area contributed by atoms with E-state index >= 15 is 0 Å². The summed E-state index contributed by atoms with van der Waals surface area (Å²) in [4.78, 5) is 164. The van der Waals surface area contributed by atoms with E-state index in [4.69, 9.17) is 17.2 Å². The van der Waals surface area contributed by atoms with Crippen LogP contribution in [0, 0.1) is 5.92 Å². The topological polar surface area (TPSA) is 540 Å². The molecule has 3 rings (SSSR count). The summed E-state index contributed by atoms with van der Waals surface area (Å²) in [7, 11) is 0. The van der Waals surface area contributed by atoms with Gasteiger partial charge >= 0.3 is 0 Å². The number of phenols is 2. The fraction of sp³-hybridized carbons (Fsp3) is 0.537. The van der Waals surface area contributed by atoms with Crippen molar-refractivity contribution in [2.24, 2.45) is 28.1 Å². The van der Waals surface area contributed by atoms with Crippen molar-refractivity contribution in [1.82, 2.24) is 58.1 Å². The molecule has 1 aliphatic rings. The third kappa shape index (κ3) is 24.4. The highest BCUT2D eigenvalue weighted by Gasteiger charge is 2.39. The number of phenolic OH excluding ortho intramolecular Hbond substituents is 2. The predicted octanol–water partition coefficient (Wildman–Crippen LogP) is -8.05. The van der Waals surface area contributed by atoms with Crippen molar-refractivity contribution in [3.05, 3.63) is 59.7 Å². The molecule has 10 atom stereocenters. The monoisotopic (exact) mass is 1230 g/mol. The molecular formula is C54H81N15O18. The van der Waals surface area contributed by atoms with Crippen molar-refractivity contribution < 1.29 is 88.2 Å². The number of aromatic hydroxyl groups is 2. The minimum atomic E-state index is -1.89. The highest BCUT2D eigenvalue weighted by atomic mass is 16.3. The van der Waals surface area contributed by atoms with Gasteiger partial charge in [-0.3, -0.25) is 62.5 Å². The quantitative estimate of drug-likeness (QED) is 0.0173. The number of primary amides is 1. The number of rotatable bonds is 35. The van der Waals surface area contributed by atoms with Crippen LogP contribution < -0.4 is 70.4 Å². The van der Waals surface area contributed by atoms with Crippen molar-refractivity contribution in [3.63, 3.8) is 0 Å². The van der Waals surface area contributed by atoms with Crippen LogP contribution in [0.25, 0.3) is 0 Å². The van der Waals surface area contributed by atoms with Gasteiger partial charge in [-0.15, -0.1) is 0 Å². The lowest BCUT2D eigenvalue weighted by Gasteiger charge is -2.29. The molecule has 12 amide bonds. The van der Waals surface area contributed by atoms with Crippen molar-refractivity contribution >= 4 is 76.8 Å². The molecule has 2 aromatic carbocycles. The number of nitrogens with two attached hydrogens (primary N) is 3. The van der Waals surface area contributed by atoms with Crippen LogP contribution in [0.1, 0.15) is 70.9 Å². The van der Waals surface area contributed by atoms with Crippen molar-refractivity contribution in [3.8, 4) is 11.5 Å². The summed E-state index contributed by atoms with van der Waals surface area (Å²) < 4.78 is 0. The van der Waals surface area contributed by atoms with E-state index in [0.717, 1.165) is 4.90 Å². The van der Waals surface area contributed by atoms with E-state index in [1.165, 1.54) is 62.4 Å². The van der Waals surface area contributed by atoms with Crippen LogP contribution in [-0.2, 0) is 70.4 Å². The van der Waals surface area contributed by atoms with Gasteiger partial charge in [0.1, 0.15) is 71.9 Å².